The van der Waals surface area contributed by atoms with Gasteiger partial charge in [-0.1, -0.05) is 39.8 Å². The molecule has 2 spiro atoms. The van der Waals surface area contributed by atoms with Gasteiger partial charge >= 0.3 is 12.4 Å². The van der Waals surface area contributed by atoms with Gasteiger partial charge in [0, 0.05) is 36.5 Å². The molecular formula is C35H48F6O10. The Morgan fingerprint density at radius 2 is 1.12 bits per heavy atom. The average Bonchev–Trinajstić information content (AvgIpc) is 3.47. The van der Waals surface area contributed by atoms with Crippen molar-refractivity contribution >= 4 is 0 Å². The normalized spacial score (nSPS) is 53.7. The van der Waals surface area contributed by atoms with Gasteiger partial charge in [-0.05, 0) is 69.1 Å². The summed E-state index contributed by atoms with van der Waals surface area (Å²) in [7, 11) is 0. The minimum Gasteiger partial charge on any atom is -0.338 e. The summed E-state index contributed by atoms with van der Waals surface area (Å²) in [5.74, 6) is -11.2. The van der Waals surface area contributed by atoms with Crippen LogP contribution in [0.5, 0.6) is 0 Å². The molecule has 2 saturated carbocycles. The van der Waals surface area contributed by atoms with Crippen molar-refractivity contribution in [1.82, 2.24) is 0 Å². The van der Waals surface area contributed by atoms with E-state index in [2.05, 4.69) is 13.8 Å². The zero-order valence-electron chi connectivity index (χ0n) is 29.4. The quantitative estimate of drug-likeness (QED) is 0.155. The maximum absolute atomic E-state index is 15.1. The van der Waals surface area contributed by atoms with E-state index in [1.165, 1.54) is 26.0 Å². The molecule has 0 aromatic heterocycles. The first kappa shape index (κ1) is 36.9. The molecule has 4 bridgehead atoms. The fourth-order valence-corrected chi connectivity index (χ4v) is 11.3. The van der Waals surface area contributed by atoms with Gasteiger partial charge in [0.2, 0.25) is 5.79 Å². The molecule has 16 atom stereocenters. The Morgan fingerprint density at radius 3 is 1.69 bits per heavy atom. The summed E-state index contributed by atoms with van der Waals surface area (Å²) < 4.78 is 126. The van der Waals surface area contributed by atoms with Crippen LogP contribution in [0.4, 0.5) is 26.3 Å². The van der Waals surface area contributed by atoms with Crippen molar-refractivity contribution in [3.8, 4) is 0 Å². The van der Waals surface area contributed by atoms with E-state index in [1.807, 2.05) is 0 Å². The molecule has 8 aliphatic heterocycles. The second-order valence-electron chi connectivity index (χ2n) is 16.4. The maximum atomic E-state index is 15.1. The molecule has 0 aromatic carbocycles. The Morgan fingerprint density at radius 1 is 0.608 bits per heavy atom. The lowest BCUT2D eigenvalue weighted by molar-refractivity contribution is -0.598. The highest BCUT2D eigenvalue weighted by molar-refractivity contribution is 5.14. The molecule has 16 heteroatoms. The minimum atomic E-state index is -4.99. The lowest BCUT2D eigenvalue weighted by atomic mass is 9.57. The Hall–Kier alpha value is -1.08. The van der Waals surface area contributed by atoms with Crippen molar-refractivity contribution in [2.45, 2.75) is 146 Å². The molecule has 10 rings (SSSR count). The molecule has 10 fully saturated rings. The SMILES string of the molecule is C[C@@H]1CC[C@H]2[C@@H](C)[C@](OC/C=C\CO[C@@]3(C(F)(F)F)O[C@@H]4OC5(C)CC[C@H]6[C@H](C)CC[C@@H]([C@H]3C)[C@@]46OO5)(C(F)(F)F)O[C@@H]3OC4CC[C@@H]1[C@]32OO4. The molecule has 2 unspecified atom stereocenters. The van der Waals surface area contributed by atoms with E-state index in [0.29, 0.717) is 51.4 Å². The topological polar surface area (TPSA) is 92.3 Å². The van der Waals surface area contributed by atoms with Crippen LogP contribution in [0.15, 0.2) is 12.2 Å². The zero-order chi connectivity index (χ0) is 36.4. The van der Waals surface area contributed by atoms with Crippen molar-refractivity contribution in [2.24, 2.45) is 47.3 Å². The molecule has 290 valence electrons. The largest absolute Gasteiger partial charge is 0.443 e. The van der Waals surface area contributed by atoms with E-state index >= 15 is 26.3 Å². The third-order valence-corrected chi connectivity index (χ3v) is 13.9. The van der Waals surface area contributed by atoms with E-state index < -0.39 is 96.7 Å². The molecule has 0 radical (unpaired) electrons. The van der Waals surface area contributed by atoms with Crippen LogP contribution in [0, 0.1) is 47.3 Å². The predicted octanol–water partition coefficient (Wildman–Crippen LogP) is 7.47. The molecule has 2 aliphatic carbocycles. The molecule has 8 saturated heterocycles. The molecule has 10 aliphatic rings. The third kappa shape index (κ3) is 5.13. The van der Waals surface area contributed by atoms with Crippen LogP contribution < -0.4 is 0 Å². The van der Waals surface area contributed by atoms with Crippen LogP contribution in [-0.2, 0) is 48.0 Å². The average molecular weight is 743 g/mol. The van der Waals surface area contributed by atoms with Crippen LogP contribution in [0.2, 0.25) is 0 Å². The van der Waals surface area contributed by atoms with Gasteiger partial charge in [-0.2, -0.15) is 26.3 Å². The number of alkyl halides is 6. The molecule has 51 heavy (non-hydrogen) atoms. The summed E-state index contributed by atoms with van der Waals surface area (Å²) in [4.78, 5) is 23.1. The van der Waals surface area contributed by atoms with E-state index in [4.69, 9.17) is 48.0 Å². The van der Waals surface area contributed by atoms with Crippen molar-refractivity contribution in [1.29, 1.82) is 0 Å². The monoisotopic (exact) mass is 742 g/mol. The number of fused-ring (bicyclic) bond motifs is 4. The number of rotatable bonds is 6. The van der Waals surface area contributed by atoms with Crippen LogP contribution in [0.3, 0.4) is 0 Å². The summed E-state index contributed by atoms with van der Waals surface area (Å²) in [5, 5.41) is 0. The first-order chi connectivity index (χ1) is 23.9. The third-order valence-electron chi connectivity index (χ3n) is 13.9. The molecule has 0 aromatic rings. The molecule has 0 amide bonds. The summed E-state index contributed by atoms with van der Waals surface area (Å²) in [6.07, 6.45) is -6.88. The van der Waals surface area contributed by atoms with Gasteiger partial charge in [-0.25, -0.2) is 19.6 Å². The second-order valence-corrected chi connectivity index (χ2v) is 16.4. The van der Waals surface area contributed by atoms with Gasteiger partial charge < -0.3 is 28.4 Å². The Balaban J connectivity index is 1.01. The Kier molecular flexibility index (Phi) is 8.83. The van der Waals surface area contributed by atoms with Crippen molar-refractivity contribution in [3.05, 3.63) is 12.2 Å². The van der Waals surface area contributed by atoms with Gasteiger partial charge in [0.1, 0.15) is 0 Å². The van der Waals surface area contributed by atoms with Crippen LogP contribution in [0.25, 0.3) is 0 Å². The molecule has 10 nitrogen and oxygen atoms in total. The van der Waals surface area contributed by atoms with Crippen LogP contribution in [0.1, 0.15) is 86.0 Å². The fourth-order valence-electron chi connectivity index (χ4n) is 11.3. The summed E-state index contributed by atoms with van der Waals surface area (Å²) >= 11 is 0. The van der Waals surface area contributed by atoms with Gasteiger partial charge in [0.05, 0.1) is 13.2 Å². The first-order valence-electron chi connectivity index (χ1n) is 18.4. The van der Waals surface area contributed by atoms with E-state index in [-0.39, 0.29) is 23.7 Å². The lowest BCUT2D eigenvalue weighted by Gasteiger charge is -2.62. The number of ether oxygens (including phenoxy) is 6. The molecule has 8 heterocycles. The zero-order valence-corrected chi connectivity index (χ0v) is 29.4. The van der Waals surface area contributed by atoms with Crippen LogP contribution >= 0.6 is 0 Å². The number of hydrogen-bond acceptors (Lipinski definition) is 10. The fraction of sp³-hybridized carbons (Fsp3) is 0.943. The van der Waals surface area contributed by atoms with Gasteiger partial charge in [0.25, 0.3) is 11.6 Å². The summed E-state index contributed by atoms with van der Waals surface area (Å²) in [6, 6.07) is 0. The highest BCUT2D eigenvalue weighted by Crippen LogP contribution is 2.65. The standard InChI is InChI=1S/C35H48F6O10/c1-18-8-10-24-20(3)32(34(36,37)38,46-27-30(24)22(18)12-13-26(44-27)48-50-30)42-16-6-7-17-43-33(35(39,40)41)21(4)25-11-9-19(2)23-14-15-29(5)45-28(47-33)31(23,25)51-49-29/h6-7,18-28H,8-17H2,1-5H3/b7-6-/t18-,19-,20-,21-,22+,23+,24+,25+,26?,27+,28+,29?,30-,31-,32-,33-/m1/s1. The highest BCUT2D eigenvalue weighted by atomic mass is 19.4. The number of hydrogen-bond donors (Lipinski definition) is 0. The van der Waals surface area contributed by atoms with E-state index in [9.17, 15) is 0 Å². The second kappa shape index (κ2) is 12.2. The molecular weight excluding hydrogens is 694 g/mol. The van der Waals surface area contributed by atoms with Crippen molar-refractivity contribution < 1.29 is 74.3 Å². The summed E-state index contributed by atoms with van der Waals surface area (Å²) in [5.41, 5.74) is -2.47. The molecule has 0 N–H and O–H groups in total. The van der Waals surface area contributed by atoms with E-state index in [1.54, 1.807) is 6.92 Å². The van der Waals surface area contributed by atoms with Gasteiger partial charge in [0.15, 0.2) is 30.1 Å². The minimum absolute atomic E-state index is 0.136. The van der Waals surface area contributed by atoms with Crippen molar-refractivity contribution in [2.75, 3.05) is 13.2 Å². The first-order valence-corrected chi connectivity index (χ1v) is 18.4. The summed E-state index contributed by atoms with van der Waals surface area (Å²) in [6.45, 7) is 7.32. The van der Waals surface area contributed by atoms with Gasteiger partial charge in [-0.15, -0.1) is 0 Å². The van der Waals surface area contributed by atoms with Crippen molar-refractivity contribution in [3.63, 3.8) is 0 Å². The predicted molar refractivity (Wildman–Crippen MR) is 160 cm³/mol. The lowest BCUT2D eigenvalue weighted by Crippen LogP contribution is -2.76. The highest BCUT2D eigenvalue weighted by Gasteiger charge is 2.78. The Labute approximate surface area is 292 Å². The van der Waals surface area contributed by atoms with E-state index in [0.717, 1.165) is 0 Å². The Bertz CT molecular complexity index is 1370. The number of halogens is 6. The maximum Gasteiger partial charge on any atom is 0.443 e. The van der Waals surface area contributed by atoms with Gasteiger partial charge in [-0.3, -0.25) is 0 Å². The van der Waals surface area contributed by atoms with Crippen LogP contribution in [-0.4, -0.2) is 73.0 Å². The smallest absolute Gasteiger partial charge is 0.338 e.